The molecule has 0 aromatic heterocycles. The van der Waals surface area contributed by atoms with Crippen molar-refractivity contribution in [2.45, 2.75) is 212 Å². The van der Waals surface area contributed by atoms with Gasteiger partial charge in [-0.05, 0) is 88.5 Å². The molecule has 0 saturated carbocycles. The molecule has 0 aliphatic rings. The topological polar surface area (TPSA) is 435 Å². The normalized spacial score (nSPS) is 12.5. The van der Waals surface area contributed by atoms with E-state index < -0.39 is 111 Å². The van der Waals surface area contributed by atoms with Gasteiger partial charge >= 0.3 is 11.9 Å². The lowest BCUT2D eigenvalue weighted by molar-refractivity contribution is -0.145. The highest BCUT2D eigenvalue weighted by Gasteiger charge is 2.26. The van der Waals surface area contributed by atoms with E-state index in [2.05, 4.69) is 38.2 Å². The molecule has 11 N–H and O–H groups in total. The first-order valence-electron chi connectivity index (χ1n) is 33.0. The summed E-state index contributed by atoms with van der Waals surface area (Å²) in [7, 11) is -7.76. The van der Waals surface area contributed by atoms with Gasteiger partial charge in [0.1, 0.15) is 31.1 Å². The first-order valence-corrected chi connectivity index (χ1v) is 36.2. The molecule has 3 atom stereocenters. The zero-order valence-corrected chi connectivity index (χ0v) is 56.2. The molecule has 1 aromatic rings. The number of nitrogens with one attached hydrogen (secondary N) is 6. The predicted octanol–water partition coefficient (Wildman–Crippen LogP) is 5.45. The van der Waals surface area contributed by atoms with E-state index in [0.29, 0.717) is 44.2 Å². The summed E-state index contributed by atoms with van der Waals surface area (Å²) >= 11 is 0. The van der Waals surface area contributed by atoms with Gasteiger partial charge in [0.2, 0.25) is 39.6 Å². The number of hydrogen-bond donors (Lipinski definition) is 10. The maximum absolute atomic E-state index is 12.6. The number of ketones is 2. The average Bonchev–Trinajstić information content (AvgIpc) is 1.77. The number of nitrogens with two attached hydrogens (primary N) is 1. The quantitative estimate of drug-likeness (QED) is 0.0286. The van der Waals surface area contributed by atoms with Crippen molar-refractivity contribution in [3.63, 3.8) is 0 Å². The Balaban J connectivity index is 2.12. The Labute approximate surface area is 549 Å². The molecule has 28 nitrogen and oxygen atoms in total. The maximum Gasteiger partial charge on any atom is 0.326 e. The van der Waals surface area contributed by atoms with Gasteiger partial charge in [-0.15, -0.1) is 0 Å². The molecule has 1 aromatic carbocycles. The number of anilines is 1. The molecular formula is C63H107N7O21S2. The number of benzene rings is 1. The third-order valence-corrected chi connectivity index (χ3v) is 16.9. The number of ether oxygens (including phenoxy) is 4. The fourth-order valence-electron chi connectivity index (χ4n) is 9.43. The van der Waals surface area contributed by atoms with E-state index in [0.717, 1.165) is 89.3 Å². The number of aliphatic carboxylic acids is 2. The van der Waals surface area contributed by atoms with E-state index in [1.165, 1.54) is 19.3 Å². The predicted molar refractivity (Wildman–Crippen MR) is 348 cm³/mol. The van der Waals surface area contributed by atoms with Crippen LogP contribution in [-0.4, -0.2) is 187 Å². The molecule has 0 radical (unpaired) electrons. The van der Waals surface area contributed by atoms with Crippen molar-refractivity contribution < 1.29 is 98.5 Å². The Morgan fingerprint density at radius 3 is 1.63 bits per heavy atom. The largest absolute Gasteiger partial charge is 0.481 e. The van der Waals surface area contributed by atoms with Gasteiger partial charge in [-0.2, -0.15) is 8.42 Å². The number of amides is 6. The Hall–Kier alpha value is -6.18. The number of carbonyl (C=O) groups is 10. The van der Waals surface area contributed by atoms with Crippen molar-refractivity contribution in [1.29, 1.82) is 0 Å². The van der Waals surface area contributed by atoms with Crippen LogP contribution in [0.5, 0.6) is 0 Å². The van der Waals surface area contributed by atoms with E-state index in [4.69, 9.17) is 29.2 Å². The van der Waals surface area contributed by atoms with Crippen LogP contribution in [0.3, 0.4) is 0 Å². The van der Waals surface area contributed by atoms with Gasteiger partial charge in [-0.3, -0.25) is 52.4 Å². The van der Waals surface area contributed by atoms with Crippen molar-refractivity contribution >= 4 is 84.8 Å². The van der Waals surface area contributed by atoms with Gasteiger partial charge in [-0.25, -0.2) is 13.2 Å². The van der Waals surface area contributed by atoms with E-state index in [1.54, 1.807) is 12.1 Å². The Bertz CT molecular complexity index is 2580. The van der Waals surface area contributed by atoms with Crippen molar-refractivity contribution in [3.05, 3.63) is 29.8 Å². The number of unbranched alkanes of at least 4 members (excludes halogenated alkanes) is 16. The summed E-state index contributed by atoms with van der Waals surface area (Å²) in [5.41, 5.74) is 6.94. The van der Waals surface area contributed by atoms with Gasteiger partial charge in [0.25, 0.3) is 16.0 Å². The molecule has 0 aliphatic carbocycles. The summed E-state index contributed by atoms with van der Waals surface area (Å²) in [5, 5.41) is 32.9. The van der Waals surface area contributed by atoms with Crippen LogP contribution >= 0.6 is 0 Å². The monoisotopic (exact) mass is 1360 g/mol. The molecule has 30 heteroatoms. The maximum atomic E-state index is 12.6. The van der Waals surface area contributed by atoms with Crippen LogP contribution in [0.4, 0.5) is 5.69 Å². The Morgan fingerprint density at radius 1 is 0.473 bits per heavy atom. The van der Waals surface area contributed by atoms with Crippen LogP contribution in [0.1, 0.15) is 210 Å². The van der Waals surface area contributed by atoms with E-state index in [-0.39, 0.29) is 122 Å². The van der Waals surface area contributed by atoms with Crippen LogP contribution in [0.15, 0.2) is 24.3 Å². The number of carboxylic acid groups (broad SMARTS) is 2. The van der Waals surface area contributed by atoms with E-state index in [1.807, 2.05) is 12.1 Å². The van der Waals surface area contributed by atoms with Crippen LogP contribution in [0.25, 0.3) is 0 Å². The molecule has 0 fully saturated rings. The molecule has 93 heavy (non-hydrogen) atoms. The average molecular weight is 1360 g/mol. The van der Waals surface area contributed by atoms with Gasteiger partial charge < -0.3 is 61.5 Å². The Kier molecular flexibility index (Phi) is 48.4. The summed E-state index contributed by atoms with van der Waals surface area (Å²) in [6, 6.07) is 4.83. The lowest BCUT2D eigenvalue weighted by atomic mass is 9.97. The molecule has 532 valence electrons. The molecule has 6 amide bonds. The second-order valence-corrected chi connectivity index (χ2v) is 26.5. The number of rotatable bonds is 63. The number of primary amides is 1. The van der Waals surface area contributed by atoms with Gasteiger partial charge in [0.05, 0.1) is 50.5 Å². The Morgan fingerprint density at radius 2 is 1.04 bits per heavy atom. The van der Waals surface area contributed by atoms with Crippen molar-refractivity contribution in [2.24, 2.45) is 11.7 Å². The van der Waals surface area contributed by atoms with Crippen LogP contribution in [0.2, 0.25) is 0 Å². The minimum Gasteiger partial charge on any atom is -0.481 e. The summed E-state index contributed by atoms with van der Waals surface area (Å²) in [5.74, 6) is -8.69. The fourth-order valence-corrected chi connectivity index (χ4v) is 11.1. The summed E-state index contributed by atoms with van der Waals surface area (Å²) in [6.07, 6.45) is 17.0. The standard InChI is InChI=1S/C63H107N7O21S2/c1-2-3-35-65-51-30-27-49(28-31-51)61(78)67-36-19-18-24-54(60(64)77)68-59(76)48-91-43-40-88-38-21-23-52(71)32-33-55(63(81)82)69-57(74)34-29-50(62(79)80)46-53(72)47-90-42-41-89-39-37-66-56(73)26-22-44-92(83,84)70-58(75)25-17-15-13-11-9-7-5-4-6-8-10-12-14-16-20-45-93(85,86)87/h27-28,30-31,50,54-55,65H,2-26,29,32-48H2,1H3,(H2,64,77)(H,66,73)(H,67,78)(H,68,76)(H,69,74)(H,70,75)(H,79,80)(H,81,82)(H,85,86,87)/t50-,54+,55-/m1/s1. The lowest BCUT2D eigenvalue weighted by Gasteiger charge is -2.16. The molecule has 0 unspecified atom stereocenters. The van der Waals surface area contributed by atoms with Crippen LogP contribution < -0.4 is 37.0 Å². The lowest BCUT2D eigenvalue weighted by Crippen LogP contribution is -2.45. The summed E-state index contributed by atoms with van der Waals surface area (Å²) < 4.78 is 78.4. The molecule has 1 rings (SSSR count). The highest BCUT2D eigenvalue weighted by molar-refractivity contribution is 7.90. The molecule has 0 spiro atoms. The number of carboxylic acids is 2. The number of hydrogen-bond acceptors (Lipinski definition) is 19. The highest BCUT2D eigenvalue weighted by atomic mass is 32.2. The zero-order valence-electron chi connectivity index (χ0n) is 54.5. The van der Waals surface area contributed by atoms with Gasteiger partial charge in [0.15, 0.2) is 5.78 Å². The van der Waals surface area contributed by atoms with Crippen LogP contribution in [-0.2, 0) is 82.2 Å². The second-order valence-electron chi connectivity index (χ2n) is 23.1. The zero-order chi connectivity index (χ0) is 69.0. The first-order chi connectivity index (χ1) is 44.4. The molecule has 0 heterocycles. The van der Waals surface area contributed by atoms with E-state index >= 15 is 0 Å². The highest BCUT2D eigenvalue weighted by Crippen LogP contribution is 2.17. The van der Waals surface area contributed by atoms with E-state index in [9.17, 15) is 75.0 Å². The number of Topliss-reactive ketones (excluding diaryl/α,β-unsaturated/α-hetero) is 2. The summed E-state index contributed by atoms with van der Waals surface area (Å²) in [6.45, 7) is 2.97. The van der Waals surface area contributed by atoms with Gasteiger partial charge in [-0.1, -0.05) is 96.8 Å². The molecule has 0 saturated heterocycles. The smallest absolute Gasteiger partial charge is 0.326 e. The second kappa shape index (κ2) is 53.1. The molecule has 0 bridgehead atoms. The first kappa shape index (κ1) is 84.8. The number of carbonyl (C=O) groups excluding carboxylic acids is 8. The molecular weight excluding hydrogens is 1250 g/mol. The SMILES string of the molecule is CCCCNc1ccc(C(=O)NCCCC[C@H](NC(=O)COCCOCCCC(=O)CC[C@@H](NC(=O)CC[C@H](CC(=O)COCCOCCNC(=O)CCCS(=O)(=O)NC(=O)CCCCCCCCCCCCCCCCCS(=O)(=O)O)C(=O)O)C(=O)O)C(N)=O)cc1. The van der Waals surface area contributed by atoms with Crippen molar-refractivity contribution in [1.82, 2.24) is 26.0 Å². The van der Waals surface area contributed by atoms with Crippen molar-refractivity contribution in [3.8, 4) is 0 Å². The third kappa shape index (κ3) is 50.0. The minimum atomic E-state index is -3.90. The fraction of sp³-hybridized carbons (Fsp3) is 0.746. The van der Waals surface area contributed by atoms with Crippen LogP contribution in [0, 0.1) is 5.92 Å². The summed E-state index contributed by atoms with van der Waals surface area (Å²) in [4.78, 5) is 123. The minimum absolute atomic E-state index is 0.00740. The number of sulfonamides is 1. The molecule has 0 aliphatic heterocycles. The third-order valence-electron chi connectivity index (χ3n) is 14.7. The van der Waals surface area contributed by atoms with Crippen molar-refractivity contribution in [2.75, 3.05) is 89.3 Å². The van der Waals surface area contributed by atoms with Gasteiger partial charge in [0, 0.05) is 76.0 Å².